The fourth-order valence-corrected chi connectivity index (χ4v) is 2.73. The van der Waals surface area contributed by atoms with Gasteiger partial charge < -0.3 is 10.0 Å². The third kappa shape index (κ3) is 3.56. The van der Waals surface area contributed by atoms with E-state index in [9.17, 15) is 9.90 Å². The molecule has 0 aromatic carbocycles. The SMILES string of the molecule is CC1(O)CCCN(C(=O)CC2C=CCC2)CC1. The first-order chi connectivity index (χ1) is 8.07. The van der Waals surface area contributed by atoms with Crippen LogP contribution >= 0.6 is 0 Å². The van der Waals surface area contributed by atoms with Crippen LogP contribution in [0.15, 0.2) is 12.2 Å². The number of hydrogen-bond acceptors (Lipinski definition) is 2. The molecule has 0 aromatic heterocycles. The number of aliphatic hydroxyl groups is 1. The summed E-state index contributed by atoms with van der Waals surface area (Å²) in [7, 11) is 0. The summed E-state index contributed by atoms with van der Waals surface area (Å²) in [6.07, 6.45) is 9.66. The van der Waals surface area contributed by atoms with Gasteiger partial charge >= 0.3 is 0 Å². The van der Waals surface area contributed by atoms with Gasteiger partial charge in [0.05, 0.1) is 5.60 Å². The summed E-state index contributed by atoms with van der Waals surface area (Å²) in [5.41, 5.74) is -0.581. The zero-order valence-electron chi connectivity index (χ0n) is 10.7. The Morgan fingerprint density at radius 1 is 1.47 bits per heavy atom. The maximum atomic E-state index is 12.1. The second-order valence-corrected chi connectivity index (χ2v) is 5.70. The zero-order valence-corrected chi connectivity index (χ0v) is 10.7. The molecule has 1 fully saturated rings. The second kappa shape index (κ2) is 5.21. The first kappa shape index (κ1) is 12.6. The number of amides is 1. The quantitative estimate of drug-likeness (QED) is 0.747. The molecule has 1 heterocycles. The Balaban J connectivity index is 1.84. The van der Waals surface area contributed by atoms with E-state index >= 15 is 0 Å². The molecule has 0 aromatic rings. The molecule has 2 rings (SSSR count). The second-order valence-electron chi connectivity index (χ2n) is 5.70. The number of carbonyl (C=O) groups excluding carboxylic acids is 1. The fourth-order valence-electron chi connectivity index (χ4n) is 2.73. The number of likely N-dealkylation sites (tertiary alicyclic amines) is 1. The molecule has 17 heavy (non-hydrogen) atoms. The molecular weight excluding hydrogens is 214 g/mol. The van der Waals surface area contributed by atoms with E-state index in [1.165, 1.54) is 0 Å². The lowest BCUT2D eigenvalue weighted by Gasteiger charge is -2.23. The normalized spacial score (nSPS) is 33.8. The molecule has 1 saturated heterocycles. The van der Waals surface area contributed by atoms with Crippen molar-refractivity contribution in [2.45, 2.75) is 51.0 Å². The van der Waals surface area contributed by atoms with Gasteiger partial charge in [-0.25, -0.2) is 0 Å². The Hall–Kier alpha value is -0.830. The average Bonchev–Trinajstić information content (AvgIpc) is 2.68. The van der Waals surface area contributed by atoms with Gasteiger partial charge in [-0.05, 0) is 44.9 Å². The van der Waals surface area contributed by atoms with Gasteiger partial charge in [0.25, 0.3) is 0 Å². The summed E-state index contributed by atoms with van der Waals surface area (Å²) < 4.78 is 0. The van der Waals surface area contributed by atoms with E-state index < -0.39 is 5.60 Å². The van der Waals surface area contributed by atoms with Gasteiger partial charge in [-0.15, -0.1) is 0 Å². The molecule has 0 bridgehead atoms. The Labute approximate surface area is 103 Å². The van der Waals surface area contributed by atoms with Crippen molar-refractivity contribution in [1.82, 2.24) is 4.90 Å². The fraction of sp³-hybridized carbons (Fsp3) is 0.786. The Morgan fingerprint density at radius 2 is 2.29 bits per heavy atom. The van der Waals surface area contributed by atoms with Crippen molar-refractivity contribution in [1.29, 1.82) is 0 Å². The van der Waals surface area contributed by atoms with Crippen LogP contribution in [0.1, 0.15) is 45.4 Å². The minimum absolute atomic E-state index is 0.263. The van der Waals surface area contributed by atoms with Crippen molar-refractivity contribution in [3.8, 4) is 0 Å². The summed E-state index contributed by atoms with van der Waals surface area (Å²) >= 11 is 0. The van der Waals surface area contributed by atoms with E-state index in [-0.39, 0.29) is 5.91 Å². The maximum absolute atomic E-state index is 12.1. The number of rotatable bonds is 2. The van der Waals surface area contributed by atoms with E-state index in [1.54, 1.807) is 0 Å². The maximum Gasteiger partial charge on any atom is 0.223 e. The molecule has 96 valence electrons. The van der Waals surface area contributed by atoms with Gasteiger partial charge in [0.15, 0.2) is 0 Å². The summed E-state index contributed by atoms with van der Waals surface area (Å²) in [6.45, 7) is 3.40. The third-order valence-corrected chi connectivity index (χ3v) is 3.97. The molecule has 1 N–H and O–H groups in total. The van der Waals surface area contributed by atoms with Gasteiger partial charge in [-0.3, -0.25) is 4.79 Å². The lowest BCUT2D eigenvalue weighted by molar-refractivity contribution is -0.132. The van der Waals surface area contributed by atoms with Crippen LogP contribution in [0.4, 0.5) is 0 Å². The standard InChI is InChI=1S/C14H23NO2/c1-14(17)7-4-9-15(10-8-14)13(16)11-12-5-2-3-6-12/h2,5,12,17H,3-4,6-11H2,1H3. The summed E-state index contributed by atoms with van der Waals surface area (Å²) in [6, 6.07) is 0. The molecule has 2 atom stereocenters. The van der Waals surface area contributed by atoms with Gasteiger partial charge in [0.2, 0.25) is 5.91 Å². The molecular formula is C14H23NO2. The molecule has 1 aliphatic heterocycles. The van der Waals surface area contributed by atoms with Gasteiger partial charge in [-0.1, -0.05) is 12.2 Å². The van der Waals surface area contributed by atoms with E-state index in [0.29, 0.717) is 25.3 Å². The van der Waals surface area contributed by atoms with Crippen molar-refractivity contribution < 1.29 is 9.90 Å². The third-order valence-electron chi connectivity index (χ3n) is 3.97. The molecule has 2 aliphatic rings. The van der Waals surface area contributed by atoms with Crippen LogP contribution in [0.3, 0.4) is 0 Å². The van der Waals surface area contributed by atoms with Crippen LogP contribution in [0, 0.1) is 5.92 Å². The number of carbonyl (C=O) groups is 1. The first-order valence-corrected chi connectivity index (χ1v) is 6.74. The minimum Gasteiger partial charge on any atom is -0.390 e. The van der Waals surface area contributed by atoms with E-state index in [2.05, 4.69) is 12.2 Å². The van der Waals surface area contributed by atoms with E-state index in [1.807, 2.05) is 11.8 Å². The molecule has 0 radical (unpaired) electrons. The highest BCUT2D eigenvalue weighted by Gasteiger charge is 2.27. The van der Waals surface area contributed by atoms with Crippen molar-refractivity contribution in [2.24, 2.45) is 5.92 Å². The van der Waals surface area contributed by atoms with Crippen LogP contribution in [0.2, 0.25) is 0 Å². The lowest BCUT2D eigenvalue weighted by atomic mass is 9.98. The Kier molecular flexibility index (Phi) is 3.87. The topological polar surface area (TPSA) is 40.5 Å². The molecule has 3 heteroatoms. The average molecular weight is 237 g/mol. The Morgan fingerprint density at radius 3 is 3.00 bits per heavy atom. The molecule has 1 aliphatic carbocycles. The molecule has 1 amide bonds. The molecule has 0 saturated carbocycles. The predicted molar refractivity (Wildman–Crippen MR) is 67.5 cm³/mol. The summed E-state index contributed by atoms with van der Waals surface area (Å²) in [5.74, 6) is 0.713. The smallest absolute Gasteiger partial charge is 0.223 e. The zero-order chi connectivity index (χ0) is 12.3. The van der Waals surface area contributed by atoms with Crippen LogP contribution in [-0.4, -0.2) is 34.6 Å². The van der Waals surface area contributed by atoms with E-state index in [0.717, 1.165) is 32.2 Å². The minimum atomic E-state index is -0.581. The Bertz CT molecular complexity index is 309. The highest BCUT2D eigenvalue weighted by Crippen LogP contribution is 2.24. The van der Waals surface area contributed by atoms with Crippen LogP contribution < -0.4 is 0 Å². The highest BCUT2D eigenvalue weighted by molar-refractivity contribution is 5.76. The first-order valence-electron chi connectivity index (χ1n) is 6.74. The van der Waals surface area contributed by atoms with E-state index in [4.69, 9.17) is 0 Å². The van der Waals surface area contributed by atoms with Crippen molar-refractivity contribution in [3.63, 3.8) is 0 Å². The monoisotopic (exact) mass is 237 g/mol. The predicted octanol–water partition coefficient (Wildman–Crippen LogP) is 2.11. The number of allylic oxidation sites excluding steroid dienone is 2. The largest absolute Gasteiger partial charge is 0.390 e. The lowest BCUT2D eigenvalue weighted by Crippen LogP contribution is -2.34. The molecule has 0 spiro atoms. The van der Waals surface area contributed by atoms with Gasteiger partial charge in [0.1, 0.15) is 0 Å². The van der Waals surface area contributed by atoms with Crippen LogP contribution in [0.25, 0.3) is 0 Å². The highest BCUT2D eigenvalue weighted by atomic mass is 16.3. The molecule has 3 nitrogen and oxygen atoms in total. The van der Waals surface area contributed by atoms with Gasteiger partial charge in [-0.2, -0.15) is 0 Å². The van der Waals surface area contributed by atoms with Crippen LogP contribution in [-0.2, 0) is 4.79 Å². The summed E-state index contributed by atoms with van der Waals surface area (Å²) in [5, 5.41) is 9.99. The van der Waals surface area contributed by atoms with Crippen molar-refractivity contribution in [2.75, 3.05) is 13.1 Å². The van der Waals surface area contributed by atoms with Gasteiger partial charge in [0, 0.05) is 19.5 Å². The summed E-state index contributed by atoms with van der Waals surface area (Å²) in [4.78, 5) is 14.1. The van der Waals surface area contributed by atoms with Crippen molar-refractivity contribution >= 4 is 5.91 Å². The van der Waals surface area contributed by atoms with Crippen LogP contribution in [0.5, 0.6) is 0 Å². The van der Waals surface area contributed by atoms with Crippen molar-refractivity contribution in [3.05, 3.63) is 12.2 Å². The molecule has 2 unspecified atom stereocenters. The number of nitrogens with zero attached hydrogens (tertiary/aromatic N) is 1. The number of hydrogen-bond donors (Lipinski definition) is 1.